The molecule has 0 aromatic carbocycles. The second-order valence-corrected chi connectivity index (χ2v) is 4.59. The van der Waals surface area contributed by atoms with Gasteiger partial charge in [-0.2, -0.15) is 0 Å². The molecular weight excluding hydrogens is 228 g/mol. The van der Waals surface area contributed by atoms with E-state index in [0.29, 0.717) is 5.15 Å². The molecule has 0 saturated heterocycles. The number of nitrogens with zero attached hydrogens (tertiary/aromatic N) is 1. The Morgan fingerprint density at radius 2 is 2.20 bits per heavy atom. The van der Waals surface area contributed by atoms with Crippen LogP contribution in [-0.2, 0) is 13.1 Å². The van der Waals surface area contributed by atoms with E-state index in [1.165, 1.54) is 4.88 Å². The maximum atomic E-state index is 5.70. The van der Waals surface area contributed by atoms with Crippen molar-refractivity contribution in [1.82, 2.24) is 10.3 Å². The van der Waals surface area contributed by atoms with Crippen LogP contribution in [0.5, 0.6) is 0 Å². The normalized spacial score (nSPS) is 10.5. The van der Waals surface area contributed by atoms with Crippen LogP contribution in [0, 0.1) is 0 Å². The number of halogens is 1. The Morgan fingerprint density at radius 1 is 1.27 bits per heavy atom. The van der Waals surface area contributed by atoms with Crippen molar-refractivity contribution in [2.24, 2.45) is 0 Å². The molecule has 0 amide bonds. The van der Waals surface area contributed by atoms with Gasteiger partial charge in [0.05, 0.1) is 0 Å². The number of aromatic nitrogens is 1. The topological polar surface area (TPSA) is 24.9 Å². The molecule has 0 aliphatic heterocycles. The second kappa shape index (κ2) is 5.26. The number of thiophene rings is 1. The van der Waals surface area contributed by atoms with E-state index in [1.54, 1.807) is 17.5 Å². The molecule has 2 rings (SSSR count). The molecule has 0 radical (unpaired) electrons. The molecule has 0 aliphatic carbocycles. The predicted molar refractivity (Wildman–Crippen MR) is 64.1 cm³/mol. The summed E-state index contributed by atoms with van der Waals surface area (Å²) < 4.78 is 0. The van der Waals surface area contributed by atoms with Crippen molar-refractivity contribution in [2.75, 3.05) is 0 Å². The van der Waals surface area contributed by atoms with Crippen molar-refractivity contribution in [3.05, 3.63) is 51.4 Å². The second-order valence-electron chi connectivity index (χ2n) is 3.17. The van der Waals surface area contributed by atoms with Crippen molar-refractivity contribution < 1.29 is 0 Å². The average Bonchev–Trinajstić information content (AvgIpc) is 2.74. The van der Waals surface area contributed by atoms with E-state index < -0.39 is 0 Å². The summed E-state index contributed by atoms with van der Waals surface area (Å²) in [6, 6.07) is 7.98. The standard InChI is InChI=1S/C11H11ClN2S/c12-11-4-3-9(7-14-11)6-13-8-10-2-1-5-15-10/h1-5,7,13H,6,8H2. The lowest BCUT2D eigenvalue weighted by Gasteiger charge is -2.02. The zero-order chi connectivity index (χ0) is 10.5. The Hall–Kier alpha value is -0.900. The van der Waals surface area contributed by atoms with Crippen LogP contribution in [0.4, 0.5) is 0 Å². The molecule has 0 aliphatic rings. The van der Waals surface area contributed by atoms with E-state index in [9.17, 15) is 0 Å². The van der Waals surface area contributed by atoms with Crippen molar-refractivity contribution in [3.8, 4) is 0 Å². The third-order valence-electron chi connectivity index (χ3n) is 2.00. The summed E-state index contributed by atoms with van der Waals surface area (Å²) in [7, 11) is 0. The molecule has 0 saturated carbocycles. The lowest BCUT2D eigenvalue weighted by atomic mass is 10.3. The van der Waals surface area contributed by atoms with Gasteiger partial charge in [-0.3, -0.25) is 0 Å². The first-order valence-corrected chi connectivity index (χ1v) is 5.94. The molecule has 2 heterocycles. The smallest absolute Gasteiger partial charge is 0.129 e. The molecule has 2 aromatic heterocycles. The van der Waals surface area contributed by atoms with Crippen LogP contribution >= 0.6 is 22.9 Å². The number of nitrogens with one attached hydrogen (secondary N) is 1. The van der Waals surface area contributed by atoms with Crippen LogP contribution < -0.4 is 5.32 Å². The van der Waals surface area contributed by atoms with Crippen LogP contribution in [0.3, 0.4) is 0 Å². The van der Waals surface area contributed by atoms with Crippen molar-refractivity contribution >= 4 is 22.9 Å². The molecule has 4 heteroatoms. The molecule has 0 unspecified atom stereocenters. The predicted octanol–water partition coefficient (Wildman–Crippen LogP) is 3.09. The quantitative estimate of drug-likeness (QED) is 0.828. The Balaban J connectivity index is 1.81. The first kappa shape index (κ1) is 10.6. The molecular formula is C11H11ClN2S. The van der Waals surface area contributed by atoms with E-state index in [0.717, 1.165) is 18.7 Å². The van der Waals surface area contributed by atoms with E-state index >= 15 is 0 Å². The largest absolute Gasteiger partial charge is 0.308 e. The highest BCUT2D eigenvalue weighted by molar-refractivity contribution is 7.09. The maximum Gasteiger partial charge on any atom is 0.129 e. The van der Waals surface area contributed by atoms with Crippen molar-refractivity contribution in [3.63, 3.8) is 0 Å². The fourth-order valence-electron chi connectivity index (χ4n) is 1.25. The van der Waals surface area contributed by atoms with E-state index in [1.807, 2.05) is 12.1 Å². The lowest BCUT2D eigenvalue weighted by Crippen LogP contribution is -2.11. The minimum Gasteiger partial charge on any atom is -0.308 e. The zero-order valence-corrected chi connectivity index (χ0v) is 9.68. The van der Waals surface area contributed by atoms with Crippen LogP contribution in [0.25, 0.3) is 0 Å². The Labute approximate surface area is 97.9 Å². The van der Waals surface area contributed by atoms with Gasteiger partial charge in [-0.05, 0) is 23.1 Å². The van der Waals surface area contributed by atoms with Crippen molar-refractivity contribution in [2.45, 2.75) is 13.1 Å². The van der Waals surface area contributed by atoms with Crippen molar-refractivity contribution in [1.29, 1.82) is 0 Å². The summed E-state index contributed by atoms with van der Waals surface area (Å²) in [6.45, 7) is 1.72. The Kier molecular flexibility index (Phi) is 3.72. The van der Waals surface area contributed by atoms with Gasteiger partial charge in [-0.1, -0.05) is 23.7 Å². The third kappa shape index (κ3) is 3.30. The first-order valence-electron chi connectivity index (χ1n) is 4.68. The van der Waals surface area contributed by atoms with Gasteiger partial charge in [-0.15, -0.1) is 11.3 Å². The monoisotopic (exact) mass is 238 g/mol. The van der Waals surface area contributed by atoms with E-state index in [4.69, 9.17) is 11.6 Å². The maximum absolute atomic E-state index is 5.70. The minimum absolute atomic E-state index is 0.539. The van der Waals surface area contributed by atoms with Crippen LogP contribution in [0.2, 0.25) is 5.15 Å². The lowest BCUT2D eigenvalue weighted by molar-refractivity contribution is 0.699. The van der Waals surface area contributed by atoms with Gasteiger partial charge in [0.1, 0.15) is 5.15 Å². The molecule has 78 valence electrons. The summed E-state index contributed by atoms with van der Waals surface area (Å²) in [6.07, 6.45) is 1.80. The van der Waals surface area contributed by atoms with Gasteiger partial charge in [0.2, 0.25) is 0 Å². The Morgan fingerprint density at radius 3 is 2.87 bits per heavy atom. The fourth-order valence-corrected chi connectivity index (χ4v) is 2.04. The molecule has 0 bridgehead atoms. The third-order valence-corrected chi connectivity index (χ3v) is 3.10. The molecule has 2 nitrogen and oxygen atoms in total. The molecule has 0 spiro atoms. The van der Waals surface area contributed by atoms with Crippen LogP contribution in [0.1, 0.15) is 10.4 Å². The summed E-state index contributed by atoms with van der Waals surface area (Å²) in [5.41, 5.74) is 1.15. The summed E-state index contributed by atoms with van der Waals surface area (Å²) >= 11 is 7.46. The highest BCUT2D eigenvalue weighted by Gasteiger charge is 1.95. The van der Waals surface area contributed by atoms with E-state index in [2.05, 4.69) is 27.8 Å². The van der Waals surface area contributed by atoms with Gasteiger partial charge in [-0.25, -0.2) is 4.98 Å². The van der Waals surface area contributed by atoms with Crippen LogP contribution in [-0.4, -0.2) is 4.98 Å². The molecule has 2 aromatic rings. The highest BCUT2D eigenvalue weighted by atomic mass is 35.5. The molecule has 1 N–H and O–H groups in total. The first-order chi connectivity index (χ1) is 7.34. The zero-order valence-electron chi connectivity index (χ0n) is 8.11. The Bertz CT molecular complexity index is 397. The SMILES string of the molecule is Clc1ccc(CNCc2cccs2)cn1. The summed E-state index contributed by atoms with van der Waals surface area (Å²) in [5, 5.41) is 5.97. The highest BCUT2D eigenvalue weighted by Crippen LogP contribution is 2.08. The minimum atomic E-state index is 0.539. The molecule has 0 atom stereocenters. The van der Waals surface area contributed by atoms with Gasteiger partial charge in [0.25, 0.3) is 0 Å². The average molecular weight is 239 g/mol. The van der Waals surface area contributed by atoms with Gasteiger partial charge < -0.3 is 5.32 Å². The number of pyridine rings is 1. The number of hydrogen-bond donors (Lipinski definition) is 1. The van der Waals surface area contributed by atoms with E-state index in [-0.39, 0.29) is 0 Å². The van der Waals surface area contributed by atoms with Gasteiger partial charge in [0.15, 0.2) is 0 Å². The number of rotatable bonds is 4. The fraction of sp³-hybridized carbons (Fsp3) is 0.182. The number of hydrogen-bond acceptors (Lipinski definition) is 3. The van der Waals surface area contributed by atoms with Gasteiger partial charge in [0, 0.05) is 24.2 Å². The molecule has 0 fully saturated rings. The van der Waals surface area contributed by atoms with Crippen LogP contribution in [0.15, 0.2) is 35.8 Å². The summed E-state index contributed by atoms with van der Waals surface area (Å²) in [4.78, 5) is 5.37. The van der Waals surface area contributed by atoms with Gasteiger partial charge >= 0.3 is 0 Å². The molecule has 15 heavy (non-hydrogen) atoms. The summed E-state index contributed by atoms with van der Waals surface area (Å²) in [5.74, 6) is 0.